The molecule has 29 heavy (non-hydrogen) atoms. The molecule has 0 aliphatic heterocycles. The van der Waals surface area contributed by atoms with E-state index in [2.05, 4.69) is 4.98 Å². The summed E-state index contributed by atoms with van der Waals surface area (Å²) in [6, 6.07) is 12.4. The van der Waals surface area contributed by atoms with E-state index < -0.39 is 16.0 Å². The molecule has 0 spiro atoms. The Bertz CT molecular complexity index is 1140. The number of hydrogen-bond donors (Lipinski definition) is 1. The second kappa shape index (κ2) is 8.66. The SMILES string of the molecule is CCN(Sc1nc(-c2ccccc2)cs1)S(=O)(=O)c1cc(C)c(C)c(C(=O)O)c1. The third kappa shape index (κ3) is 4.53. The van der Waals surface area contributed by atoms with Gasteiger partial charge >= 0.3 is 5.97 Å². The van der Waals surface area contributed by atoms with E-state index in [1.165, 1.54) is 27.2 Å². The van der Waals surface area contributed by atoms with Gasteiger partial charge in [-0.05, 0) is 37.1 Å². The van der Waals surface area contributed by atoms with Crippen LogP contribution in [0.5, 0.6) is 0 Å². The topological polar surface area (TPSA) is 87.6 Å². The van der Waals surface area contributed by atoms with Gasteiger partial charge < -0.3 is 5.11 Å². The zero-order valence-electron chi connectivity index (χ0n) is 16.1. The van der Waals surface area contributed by atoms with Crippen LogP contribution in [-0.4, -0.2) is 34.7 Å². The number of aryl methyl sites for hydroxylation is 1. The third-order valence-corrected chi connectivity index (χ3v) is 8.72. The summed E-state index contributed by atoms with van der Waals surface area (Å²) in [7, 11) is -3.90. The molecule has 152 valence electrons. The summed E-state index contributed by atoms with van der Waals surface area (Å²) in [5.41, 5.74) is 2.91. The largest absolute Gasteiger partial charge is 0.478 e. The second-order valence-corrected chi connectivity index (χ2v) is 10.5. The van der Waals surface area contributed by atoms with Crippen molar-refractivity contribution in [2.75, 3.05) is 6.54 Å². The minimum atomic E-state index is -3.90. The minimum Gasteiger partial charge on any atom is -0.478 e. The molecule has 3 aromatic rings. The van der Waals surface area contributed by atoms with Crippen LogP contribution >= 0.6 is 23.3 Å². The Balaban J connectivity index is 1.92. The van der Waals surface area contributed by atoms with Crippen molar-refractivity contribution < 1.29 is 18.3 Å². The molecule has 9 heteroatoms. The number of thiazole rings is 1. The summed E-state index contributed by atoms with van der Waals surface area (Å²) in [4.78, 5) is 16.0. The van der Waals surface area contributed by atoms with Crippen LogP contribution in [0.4, 0.5) is 0 Å². The molecule has 0 radical (unpaired) electrons. The Morgan fingerprint density at radius 2 is 1.90 bits per heavy atom. The predicted octanol–water partition coefficient (Wildman–Crippen LogP) is 4.84. The highest BCUT2D eigenvalue weighted by Crippen LogP contribution is 2.34. The number of hydrogen-bond acceptors (Lipinski definition) is 6. The lowest BCUT2D eigenvalue weighted by atomic mass is 10.0. The van der Waals surface area contributed by atoms with Crippen LogP contribution in [0.2, 0.25) is 0 Å². The summed E-state index contributed by atoms with van der Waals surface area (Å²) in [5.74, 6) is -1.15. The van der Waals surface area contributed by atoms with Crippen LogP contribution in [0.1, 0.15) is 28.4 Å². The van der Waals surface area contributed by atoms with Gasteiger partial charge in [0.15, 0.2) is 4.34 Å². The highest BCUT2D eigenvalue weighted by atomic mass is 32.3. The molecule has 6 nitrogen and oxygen atoms in total. The highest BCUT2D eigenvalue weighted by molar-refractivity contribution is 8.09. The molecule has 0 bridgehead atoms. The van der Waals surface area contributed by atoms with Crippen molar-refractivity contribution in [3.63, 3.8) is 0 Å². The molecule has 0 amide bonds. The summed E-state index contributed by atoms with van der Waals surface area (Å²) in [5, 5.41) is 11.3. The molecule has 3 rings (SSSR count). The molecule has 0 unspecified atom stereocenters. The van der Waals surface area contributed by atoms with E-state index in [1.807, 2.05) is 35.7 Å². The molecule has 0 saturated heterocycles. The van der Waals surface area contributed by atoms with Gasteiger partial charge in [-0.1, -0.05) is 37.3 Å². The molecule has 0 aliphatic carbocycles. The number of carboxylic acids is 1. The van der Waals surface area contributed by atoms with Crippen LogP contribution in [0.3, 0.4) is 0 Å². The van der Waals surface area contributed by atoms with Crippen LogP contribution < -0.4 is 0 Å². The van der Waals surface area contributed by atoms with Crippen molar-refractivity contribution in [1.82, 2.24) is 8.69 Å². The summed E-state index contributed by atoms with van der Waals surface area (Å²) in [6.07, 6.45) is 0. The van der Waals surface area contributed by atoms with Crippen molar-refractivity contribution in [3.05, 3.63) is 64.5 Å². The van der Waals surface area contributed by atoms with Gasteiger partial charge in [0.25, 0.3) is 10.0 Å². The Kier molecular flexibility index (Phi) is 6.42. The van der Waals surface area contributed by atoms with Gasteiger partial charge in [-0.2, -0.15) is 0 Å². The summed E-state index contributed by atoms with van der Waals surface area (Å²) < 4.78 is 28.2. The van der Waals surface area contributed by atoms with E-state index >= 15 is 0 Å². The molecule has 0 saturated carbocycles. The Morgan fingerprint density at radius 3 is 2.52 bits per heavy atom. The van der Waals surface area contributed by atoms with Gasteiger partial charge in [-0.3, -0.25) is 0 Å². The standard InChI is InChI=1S/C20H20N2O4S3/c1-4-22(28-20-21-18(12-27-20)15-8-6-5-7-9-15)29(25,26)16-10-13(2)14(3)17(11-16)19(23)24/h5-12H,4H2,1-3H3,(H,23,24). The lowest BCUT2D eigenvalue weighted by molar-refractivity contribution is 0.0695. The molecule has 0 fully saturated rings. The van der Waals surface area contributed by atoms with Gasteiger partial charge in [-0.15, -0.1) is 15.0 Å². The summed E-state index contributed by atoms with van der Waals surface area (Å²) >= 11 is 2.40. The van der Waals surface area contributed by atoms with E-state index in [-0.39, 0.29) is 17.0 Å². The van der Waals surface area contributed by atoms with Crippen molar-refractivity contribution in [2.24, 2.45) is 0 Å². The van der Waals surface area contributed by atoms with Gasteiger partial charge in [0.2, 0.25) is 0 Å². The fourth-order valence-electron chi connectivity index (χ4n) is 2.73. The third-order valence-electron chi connectivity index (χ3n) is 4.43. The first-order chi connectivity index (χ1) is 13.7. The maximum Gasteiger partial charge on any atom is 0.336 e. The van der Waals surface area contributed by atoms with E-state index in [9.17, 15) is 18.3 Å². The van der Waals surface area contributed by atoms with Crippen molar-refractivity contribution in [3.8, 4) is 11.3 Å². The first kappa shape index (κ1) is 21.5. The number of carbonyl (C=O) groups is 1. The minimum absolute atomic E-state index is 0.00904. The normalized spacial score (nSPS) is 11.7. The van der Waals surface area contributed by atoms with Gasteiger partial charge in [0.1, 0.15) is 0 Å². The van der Waals surface area contributed by atoms with Crippen LogP contribution in [0.25, 0.3) is 11.3 Å². The maximum absolute atomic E-state index is 13.2. The molecule has 2 aromatic carbocycles. The fourth-order valence-corrected chi connectivity index (χ4v) is 6.48. The van der Waals surface area contributed by atoms with Crippen molar-refractivity contribution in [1.29, 1.82) is 0 Å². The fraction of sp³-hybridized carbons (Fsp3) is 0.200. The zero-order chi connectivity index (χ0) is 21.2. The van der Waals surface area contributed by atoms with E-state index in [4.69, 9.17) is 0 Å². The smallest absolute Gasteiger partial charge is 0.336 e. The number of rotatable bonds is 7. The molecular weight excluding hydrogens is 428 g/mol. The number of aromatic nitrogens is 1. The zero-order valence-corrected chi connectivity index (χ0v) is 18.6. The molecular formula is C20H20N2O4S3. The quantitative estimate of drug-likeness (QED) is 0.520. The molecule has 1 aromatic heterocycles. The van der Waals surface area contributed by atoms with Crippen LogP contribution in [0.15, 0.2) is 57.1 Å². The second-order valence-electron chi connectivity index (χ2n) is 6.30. The lowest BCUT2D eigenvalue weighted by Gasteiger charge is -2.19. The number of benzene rings is 2. The number of aromatic carboxylic acids is 1. The van der Waals surface area contributed by atoms with E-state index in [0.717, 1.165) is 23.2 Å². The van der Waals surface area contributed by atoms with Gasteiger partial charge in [0.05, 0.1) is 16.2 Å². The Hall–Kier alpha value is -2.20. The van der Waals surface area contributed by atoms with Gasteiger partial charge in [-0.25, -0.2) is 18.2 Å². The van der Waals surface area contributed by atoms with E-state index in [0.29, 0.717) is 15.5 Å². The predicted molar refractivity (Wildman–Crippen MR) is 116 cm³/mol. The molecule has 0 atom stereocenters. The Morgan fingerprint density at radius 1 is 1.21 bits per heavy atom. The van der Waals surface area contributed by atoms with Crippen molar-refractivity contribution >= 4 is 39.3 Å². The average molecular weight is 449 g/mol. The first-order valence-electron chi connectivity index (χ1n) is 8.80. The number of nitrogens with zero attached hydrogens (tertiary/aromatic N) is 2. The molecule has 0 aliphatic rings. The average Bonchev–Trinajstić information content (AvgIpc) is 3.17. The molecule has 1 N–H and O–H groups in total. The lowest BCUT2D eigenvalue weighted by Crippen LogP contribution is -2.25. The number of sulfonamides is 1. The van der Waals surface area contributed by atoms with Gasteiger partial charge in [0, 0.05) is 29.4 Å². The van der Waals surface area contributed by atoms with Crippen LogP contribution in [0, 0.1) is 13.8 Å². The maximum atomic E-state index is 13.2. The van der Waals surface area contributed by atoms with Crippen LogP contribution in [-0.2, 0) is 10.0 Å². The van der Waals surface area contributed by atoms with Crippen molar-refractivity contribution in [2.45, 2.75) is 30.0 Å². The molecule has 1 heterocycles. The van der Waals surface area contributed by atoms with E-state index in [1.54, 1.807) is 20.8 Å². The first-order valence-corrected chi connectivity index (χ1v) is 11.9. The Labute approximate surface area is 178 Å². The highest BCUT2D eigenvalue weighted by Gasteiger charge is 2.27. The monoisotopic (exact) mass is 448 g/mol. The number of carboxylic acid groups (broad SMARTS) is 1. The summed E-state index contributed by atoms with van der Waals surface area (Å²) in [6.45, 7) is 5.32.